The van der Waals surface area contributed by atoms with Gasteiger partial charge in [0, 0.05) is 17.8 Å². The molecular formula is C25H39NO3. The second-order valence-electron chi connectivity index (χ2n) is 7.44. The van der Waals surface area contributed by atoms with Crippen LogP contribution >= 0.6 is 0 Å². The summed E-state index contributed by atoms with van der Waals surface area (Å²) in [6.45, 7) is 5.14. The quantitative estimate of drug-likeness (QED) is 0.104. The number of hydrogen-bond donors (Lipinski definition) is 1. The fourth-order valence-electron chi connectivity index (χ4n) is 3.16. The highest BCUT2D eigenvalue weighted by Gasteiger charge is 2.12. The molecule has 29 heavy (non-hydrogen) atoms. The van der Waals surface area contributed by atoms with E-state index in [-0.39, 0.29) is 12.2 Å². The largest absolute Gasteiger partial charge is 0.466 e. The third-order valence-electron chi connectivity index (χ3n) is 4.81. The number of hydrogen-bond acceptors (Lipinski definition) is 4. The van der Waals surface area contributed by atoms with Gasteiger partial charge in [-0.3, -0.25) is 9.59 Å². The van der Waals surface area contributed by atoms with Gasteiger partial charge in [0.05, 0.1) is 6.61 Å². The molecule has 0 aliphatic heterocycles. The Kier molecular flexibility index (Phi) is 14.5. The lowest BCUT2D eigenvalue weighted by Gasteiger charge is -2.07. The molecule has 0 heterocycles. The second kappa shape index (κ2) is 16.8. The number of ether oxygens (including phenoxy) is 1. The number of carbonyl (C=O) groups is 2. The monoisotopic (exact) mass is 401 g/mol. The van der Waals surface area contributed by atoms with Crippen LogP contribution in [0.5, 0.6) is 0 Å². The highest BCUT2D eigenvalue weighted by atomic mass is 16.5. The van der Waals surface area contributed by atoms with Crippen molar-refractivity contribution in [2.24, 2.45) is 0 Å². The van der Waals surface area contributed by atoms with Crippen molar-refractivity contribution < 1.29 is 14.3 Å². The maximum atomic E-state index is 12.1. The van der Waals surface area contributed by atoms with Gasteiger partial charge >= 0.3 is 5.97 Å². The van der Waals surface area contributed by atoms with E-state index in [9.17, 15) is 9.59 Å². The van der Waals surface area contributed by atoms with Gasteiger partial charge in [-0.2, -0.15) is 0 Å². The number of Topliss-reactive ketones (excluding diaryl/α,β-unsaturated/α-hetero) is 1. The van der Waals surface area contributed by atoms with E-state index in [1.807, 2.05) is 12.1 Å². The summed E-state index contributed by atoms with van der Waals surface area (Å²) >= 11 is 0. The summed E-state index contributed by atoms with van der Waals surface area (Å²) in [5.74, 6) is -0.681. The van der Waals surface area contributed by atoms with Crippen LogP contribution in [0.25, 0.3) is 0 Å². The molecular weight excluding hydrogens is 362 g/mol. The van der Waals surface area contributed by atoms with Gasteiger partial charge in [-0.05, 0) is 44.7 Å². The first-order valence-corrected chi connectivity index (χ1v) is 11.3. The Bertz CT molecular complexity index is 610. The smallest absolute Gasteiger partial charge is 0.313 e. The molecule has 0 aliphatic rings. The zero-order valence-electron chi connectivity index (χ0n) is 18.4. The van der Waals surface area contributed by atoms with E-state index in [0.29, 0.717) is 12.2 Å². The molecule has 4 heteroatoms. The summed E-state index contributed by atoms with van der Waals surface area (Å²) in [6, 6.07) is 7.32. The lowest BCUT2D eigenvalue weighted by Crippen LogP contribution is -2.11. The maximum absolute atomic E-state index is 12.1. The van der Waals surface area contributed by atoms with Crippen molar-refractivity contribution in [2.45, 2.75) is 84.5 Å². The third-order valence-corrected chi connectivity index (χ3v) is 4.81. The predicted octanol–water partition coefficient (Wildman–Crippen LogP) is 6.71. The van der Waals surface area contributed by atoms with Crippen molar-refractivity contribution in [2.75, 3.05) is 18.5 Å². The highest BCUT2D eigenvalue weighted by molar-refractivity contribution is 6.06. The third kappa shape index (κ3) is 12.9. The van der Waals surface area contributed by atoms with Crippen molar-refractivity contribution in [3.63, 3.8) is 0 Å². The number of anilines is 1. The minimum atomic E-state index is -0.473. The van der Waals surface area contributed by atoms with Gasteiger partial charge in [0.1, 0.15) is 6.42 Å². The first-order chi connectivity index (χ1) is 14.2. The van der Waals surface area contributed by atoms with Crippen LogP contribution in [0.15, 0.2) is 36.4 Å². The molecule has 0 atom stereocenters. The van der Waals surface area contributed by atoms with Crippen LogP contribution in [0.2, 0.25) is 0 Å². The van der Waals surface area contributed by atoms with E-state index in [0.717, 1.165) is 25.1 Å². The molecule has 0 radical (unpaired) electrons. The molecule has 0 bridgehead atoms. The van der Waals surface area contributed by atoms with Gasteiger partial charge in [-0.1, -0.05) is 69.7 Å². The van der Waals surface area contributed by atoms with E-state index in [2.05, 4.69) is 24.4 Å². The Morgan fingerprint density at radius 1 is 0.931 bits per heavy atom. The molecule has 162 valence electrons. The average molecular weight is 402 g/mol. The maximum Gasteiger partial charge on any atom is 0.313 e. The van der Waals surface area contributed by atoms with Gasteiger partial charge in [0.15, 0.2) is 5.78 Å². The minimum absolute atomic E-state index is 0.208. The number of esters is 1. The van der Waals surface area contributed by atoms with Crippen LogP contribution < -0.4 is 5.32 Å². The highest BCUT2D eigenvalue weighted by Crippen LogP contribution is 2.13. The van der Waals surface area contributed by atoms with Gasteiger partial charge < -0.3 is 10.1 Å². The van der Waals surface area contributed by atoms with Crippen molar-refractivity contribution in [1.82, 2.24) is 0 Å². The zero-order chi connectivity index (χ0) is 21.2. The van der Waals surface area contributed by atoms with Gasteiger partial charge in [0.2, 0.25) is 0 Å². The average Bonchev–Trinajstić information content (AvgIpc) is 2.72. The Labute approximate surface area is 177 Å². The molecule has 0 aromatic heterocycles. The van der Waals surface area contributed by atoms with E-state index in [4.69, 9.17) is 4.74 Å². The Morgan fingerprint density at radius 2 is 1.62 bits per heavy atom. The second-order valence-corrected chi connectivity index (χ2v) is 7.44. The molecule has 0 unspecified atom stereocenters. The minimum Gasteiger partial charge on any atom is -0.466 e. The van der Waals surface area contributed by atoms with Crippen LogP contribution in [-0.4, -0.2) is 24.9 Å². The molecule has 4 nitrogen and oxygen atoms in total. The van der Waals surface area contributed by atoms with Crippen molar-refractivity contribution in [3.05, 3.63) is 42.0 Å². The van der Waals surface area contributed by atoms with Crippen molar-refractivity contribution in [1.29, 1.82) is 0 Å². The number of allylic oxidation sites excluding steroid dienone is 2. The van der Waals surface area contributed by atoms with E-state index >= 15 is 0 Å². The van der Waals surface area contributed by atoms with E-state index < -0.39 is 5.97 Å². The Hall–Kier alpha value is -2.10. The van der Waals surface area contributed by atoms with E-state index in [1.165, 1.54) is 51.4 Å². The summed E-state index contributed by atoms with van der Waals surface area (Å²) in [5.41, 5.74) is 1.45. The molecule has 1 rings (SSSR count). The number of rotatable bonds is 17. The van der Waals surface area contributed by atoms with Crippen LogP contribution in [0.3, 0.4) is 0 Å². The molecule has 0 saturated carbocycles. The summed E-state index contributed by atoms with van der Waals surface area (Å²) in [4.78, 5) is 23.6. The molecule has 0 amide bonds. The van der Waals surface area contributed by atoms with Gasteiger partial charge in [-0.25, -0.2) is 0 Å². The van der Waals surface area contributed by atoms with Gasteiger partial charge in [-0.15, -0.1) is 0 Å². The lowest BCUT2D eigenvalue weighted by molar-refractivity contribution is -0.141. The van der Waals surface area contributed by atoms with Crippen LogP contribution in [0, 0.1) is 0 Å². The number of benzene rings is 1. The fraction of sp³-hybridized carbons (Fsp3) is 0.600. The molecule has 1 aromatic carbocycles. The molecule has 1 aromatic rings. The first kappa shape index (κ1) is 24.9. The van der Waals surface area contributed by atoms with Crippen molar-refractivity contribution in [3.8, 4) is 0 Å². The van der Waals surface area contributed by atoms with Crippen LogP contribution in [0.4, 0.5) is 5.69 Å². The summed E-state index contributed by atoms with van der Waals surface area (Å²) in [5, 5.41) is 3.35. The van der Waals surface area contributed by atoms with Gasteiger partial charge in [0.25, 0.3) is 0 Å². The molecule has 0 aliphatic carbocycles. The van der Waals surface area contributed by atoms with E-state index in [1.54, 1.807) is 19.1 Å². The first-order valence-electron chi connectivity index (χ1n) is 11.3. The normalized spacial score (nSPS) is 11.0. The molecule has 1 N–H and O–H groups in total. The number of unbranched alkanes of at least 4 members (excludes halogenated alkanes) is 8. The summed E-state index contributed by atoms with van der Waals surface area (Å²) in [6.07, 6.45) is 17.2. The zero-order valence-corrected chi connectivity index (χ0v) is 18.4. The summed E-state index contributed by atoms with van der Waals surface area (Å²) < 4.78 is 4.84. The predicted molar refractivity (Wildman–Crippen MR) is 121 cm³/mol. The standard InChI is InChI=1S/C25H39NO3/c1-3-5-6-7-8-9-10-11-12-13-14-15-19-26-23-18-16-17-22(20-23)24(27)21-25(28)29-4-2/h12-13,16-18,20,26H,3-11,14-15,19,21H2,1-2H3. The Balaban J connectivity index is 2.14. The fourth-order valence-corrected chi connectivity index (χ4v) is 3.16. The summed E-state index contributed by atoms with van der Waals surface area (Å²) in [7, 11) is 0. The molecule has 0 saturated heterocycles. The number of nitrogens with one attached hydrogen (secondary N) is 1. The molecule has 0 fully saturated rings. The lowest BCUT2D eigenvalue weighted by atomic mass is 10.1. The van der Waals surface area contributed by atoms with Crippen LogP contribution in [-0.2, 0) is 9.53 Å². The topological polar surface area (TPSA) is 55.4 Å². The Morgan fingerprint density at radius 3 is 2.34 bits per heavy atom. The number of carbonyl (C=O) groups excluding carboxylic acids is 2. The SMILES string of the molecule is CCCCCCCCCC=CCCCNc1cccc(C(=O)CC(=O)OCC)c1. The molecule has 0 spiro atoms. The number of ketones is 1. The van der Waals surface area contributed by atoms with Crippen LogP contribution in [0.1, 0.15) is 94.8 Å². The van der Waals surface area contributed by atoms with Crippen molar-refractivity contribution >= 4 is 17.4 Å².